The Balaban J connectivity index is 2.56. The largest absolute Gasteiger partial charge is 0.384 e. The Morgan fingerprint density at radius 3 is 1.10 bits per heavy atom. The molecule has 0 saturated heterocycles. The fourth-order valence-electron chi connectivity index (χ4n) is 7.74. The molecular formula is C58H96BN. The first-order valence-electron chi connectivity index (χ1n) is 26.0. The summed E-state index contributed by atoms with van der Waals surface area (Å²) in [4.78, 5) is 2.36. The van der Waals surface area contributed by atoms with Crippen LogP contribution in [-0.2, 0) is 0 Å². The molecule has 336 valence electrons. The zero-order valence-electron chi connectivity index (χ0n) is 40.0. The molecule has 0 saturated carbocycles. The zero-order valence-corrected chi connectivity index (χ0v) is 40.0. The first-order valence-corrected chi connectivity index (χ1v) is 26.0. The number of nitrogens with zero attached hydrogens (tertiary/aromatic N) is 1. The zero-order chi connectivity index (χ0) is 42.9. The van der Waals surface area contributed by atoms with Crippen molar-refractivity contribution in [3.63, 3.8) is 0 Å². The molecule has 0 aliphatic carbocycles. The second-order valence-electron chi connectivity index (χ2n) is 17.3. The Morgan fingerprint density at radius 2 is 0.700 bits per heavy atom. The summed E-state index contributed by atoms with van der Waals surface area (Å²) in [6.45, 7) is 7.05. The minimum atomic E-state index is 0.163. The summed E-state index contributed by atoms with van der Waals surface area (Å²) in [7, 11) is 0. The van der Waals surface area contributed by atoms with E-state index in [9.17, 15) is 0 Å². The lowest BCUT2D eigenvalue weighted by molar-refractivity contribution is 0.557. The van der Waals surface area contributed by atoms with Crippen LogP contribution in [0.3, 0.4) is 0 Å². The number of rotatable bonds is 42. The molecule has 0 aromatic heterocycles. The third kappa shape index (κ3) is 38.0. The lowest BCUT2D eigenvalue weighted by atomic mass is 9.58. The van der Waals surface area contributed by atoms with Crippen LogP contribution in [0.1, 0.15) is 233 Å². The third-order valence-corrected chi connectivity index (χ3v) is 11.6. The molecule has 2 heteroatoms. The smallest absolute Gasteiger partial charge is 0.312 e. The molecule has 0 radical (unpaired) electrons. The molecule has 0 aromatic rings. The van der Waals surface area contributed by atoms with Gasteiger partial charge in [0.1, 0.15) is 0 Å². The van der Waals surface area contributed by atoms with Crippen molar-refractivity contribution in [3.05, 3.63) is 133 Å². The summed E-state index contributed by atoms with van der Waals surface area (Å²) < 4.78 is 0. The lowest BCUT2D eigenvalue weighted by Crippen LogP contribution is -2.32. The van der Waals surface area contributed by atoms with Gasteiger partial charge in [-0.3, -0.25) is 0 Å². The highest BCUT2D eigenvalue weighted by Crippen LogP contribution is 2.18. The number of allylic oxidation sites excluding steroid dienone is 18. The molecule has 1 aliphatic heterocycles. The van der Waals surface area contributed by atoms with Gasteiger partial charge in [0.25, 0.3) is 0 Å². The van der Waals surface area contributed by atoms with Crippen LogP contribution in [0.5, 0.6) is 0 Å². The van der Waals surface area contributed by atoms with Crippen molar-refractivity contribution in [1.29, 1.82) is 0 Å². The number of unbranched alkanes of at least 4 members (excludes halogenated alkanes) is 30. The van der Waals surface area contributed by atoms with Gasteiger partial charge in [-0.25, -0.2) is 0 Å². The average Bonchev–Trinajstić information content (AvgIpc) is 3.26. The van der Waals surface area contributed by atoms with E-state index in [0.29, 0.717) is 0 Å². The summed E-state index contributed by atoms with van der Waals surface area (Å²) in [5.74, 6) is 4.56. The molecule has 1 heterocycles. The molecule has 1 aliphatic rings. The minimum absolute atomic E-state index is 0.163. The molecule has 0 N–H and O–H groups in total. The Kier molecular flexibility index (Phi) is 43.2. The fourth-order valence-corrected chi connectivity index (χ4v) is 7.74. The Morgan fingerprint density at radius 1 is 0.367 bits per heavy atom. The van der Waals surface area contributed by atoms with Crippen molar-refractivity contribution < 1.29 is 0 Å². The van der Waals surface area contributed by atoms with Crippen LogP contribution >= 0.6 is 0 Å². The van der Waals surface area contributed by atoms with E-state index >= 15 is 0 Å². The fraction of sp³-hybridized carbons (Fsp3) is 0.621. The van der Waals surface area contributed by atoms with Gasteiger partial charge >= 0.3 is 6.85 Å². The van der Waals surface area contributed by atoms with Crippen LogP contribution < -0.4 is 0 Å². The van der Waals surface area contributed by atoms with Gasteiger partial charge in [0.2, 0.25) is 0 Å². The van der Waals surface area contributed by atoms with Crippen LogP contribution in [0.2, 0.25) is 0 Å². The average molecular weight is 818 g/mol. The van der Waals surface area contributed by atoms with Crippen molar-refractivity contribution in [1.82, 2.24) is 4.81 Å². The predicted molar refractivity (Wildman–Crippen MR) is 276 cm³/mol. The predicted octanol–water partition coefficient (Wildman–Crippen LogP) is 19.7. The van der Waals surface area contributed by atoms with E-state index < -0.39 is 0 Å². The summed E-state index contributed by atoms with van der Waals surface area (Å²) in [6.07, 6.45) is 87.3. The Hall–Kier alpha value is -3.00. The first-order chi connectivity index (χ1) is 29.8. The minimum Gasteiger partial charge on any atom is -0.384 e. The summed E-state index contributed by atoms with van der Waals surface area (Å²) in [5.41, 5.74) is 1.19. The van der Waals surface area contributed by atoms with Crippen molar-refractivity contribution in [2.75, 3.05) is 0 Å². The second kappa shape index (κ2) is 47.1. The maximum atomic E-state index is 2.36. The normalized spacial score (nSPS) is 14.2. The quantitative estimate of drug-likeness (QED) is 0.0337. The highest BCUT2D eigenvalue weighted by molar-refractivity contribution is 6.67. The highest BCUT2D eigenvalue weighted by atomic mass is 15.0. The topological polar surface area (TPSA) is 3.24 Å². The Bertz CT molecular complexity index is 1250. The van der Waals surface area contributed by atoms with Crippen LogP contribution in [0, 0.1) is 0 Å². The van der Waals surface area contributed by atoms with E-state index in [1.165, 1.54) is 218 Å². The van der Waals surface area contributed by atoms with Gasteiger partial charge in [-0.1, -0.05) is 297 Å². The molecule has 0 spiro atoms. The molecule has 60 heavy (non-hydrogen) atoms. The van der Waals surface area contributed by atoms with E-state index in [2.05, 4.69) is 153 Å². The molecule has 1 nitrogen and oxygen atoms in total. The van der Waals surface area contributed by atoms with E-state index in [-0.39, 0.29) is 6.85 Å². The molecule has 1 rings (SSSR count). The number of hydrogen-bond acceptors (Lipinski definition) is 1. The van der Waals surface area contributed by atoms with Crippen molar-refractivity contribution in [2.45, 2.75) is 233 Å². The molecule has 0 fully saturated rings. The number of hydrogen-bond donors (Lipinski definition) is 0. The standard InChI is InChI=1S/C58H96BN/c1-4-7-10-13-16-19-22-25-28-31-34-37-40-43-46-49-53-58-54-52-56-59(55-50-47-44-41-38-35-32-29-26-23-20-17-14-11-8-5-2)60(58)57-51-48-45-42-39-36-33-30-27-24-21-18-15-12-9-6-3/h37-57H,4-36H2,1-3H3/b40-37+,41-38+,42-39+,46-43+,47-44+,48-45+,53-49+,55-50+,57-51+. The summed E-state index contributed by atoms with van der Waals surface area (Å²) in [6, 6.07) is 0. The van der Waals surface area contributed by atoms with E-state index in [0.717, 1.165) is 0 Å². The molecule has 0 atom stereocenters. The van der Waals surface area contributed by atoms with Gasteiger partial charge in [0.15, 0.2) is 0 Å². The van der Waals surface area contributed by atoms with E-state index in [1.54, 1.807) is 0 Å². The Labute approximate surface area is 376 Å². The first kappa shape index (κ1) is 55.0. The van der Waals surface area contributed by atoms with Crippen molar-refractivity contribution >= 4 is 6.85 Å². The maximum Gasteiger partial charge on any atom is 0.312 e. The van der Waals surface area contributed by atoms with Crippen molar-refractivity contribution in [3.8, 4) is 0 Å². The third-order valence-electron chi connectivity index (χ3n) is 11.6. The van der Waals surface area contributed by atoms with E-state index in [4.69, 9.17) is 0 Å². The highest BCUT2D eigenvalue weighted by Gasteiger charge is 2.19. The maximum absolute atomic E-state index is 2.36. The summed E-state index contributed by atoms with van der Waals surface area (Å²) in [5, 5.41) is 0. The van der Waals surface area contributed by atoms with Crippen LogP contribution in [0.15, 0.2) is 133 Å². The molecule has 0 unspecified atom stereocenters. The van der Waals surface area contributed by atoms with Crippen LogP contribution in [0.25, 0.3) is 0 Å². The van der Waals surface area contributed by atoms with Crippen LogP contribution in [0.4, 0.5) is 0 Å². The summed E-state index contributed by atoms with van der Waals surface area (Å²) >= 11 is 0. The molecule has 0 bridgehead atoms. The van der Waals surface area contributed by atoms with Crippen LogP contribution in [-0.4, -0.2) is 11.7 Å². The second-order valence-corrected chi connectivity index (χ2v) is 17.3. The van der Waals surface area contributed by atoms with Gasteiger partial charge in [-0.15, -0.1) is 0 Å². The SMILES string of the molecule is CCCCCCCCCCCC/C=C/C=C/C=C/B1C=CC=C(/C=C/C=C/C=C/CCCCCCCCCCCC)N1/C=C/C=C/C=C/CCCCCCCCCCCC. The van der Waals surface area contributed by atoms with Gasteiger partial charge in [-0.05, 0) is 63.0 Å². The molecule has 0 amide bonds. The lowest BCUT2D eigenvalue weighted by Gasteiger charge is -2.27. The molecular weight excluding hydrogens is 721 g/mol. The van der Waals surface area contributed by atoms with Gasteiger partial charge in [0, 0.05) is 5.70 Å². The van der Waals surface area contributed by atoms with Gasteiger partial charge in [-0.2, -0.15) is 0 Å². The van der Waals surface area contributed by atoms with Crippen molar-refractivity contribution in [2.24, 2.45) is 0 Å². The van der Waals surface area contributed by atoms with Gasteiger partial charge < -0.3 is 4.81 Å². The monoisotopic (exact) mass is 818 g/mol. The van der Waals surface area contributed by atoms with Gasteiger partial charge in [0.05, 0.1) is 0 Å². The van der Waals surface area contributed by atoms with E-state index in [1.807, 2.05) is 0 Å². The molecule has 0 aromatic carbocycles.